The van der Waals surface area contributed by atoms with E-state index in [-0.39, 0.29) is 23.4 Å². The molecule has 0 unspecified atom stereocenters. The van der Waals surface area contributed by atoms with E-state index in [9.17, 15) is 18.0 Å². The number of carbonyl (C=O) groups is 2. The first-order chi connectivity index (χ1) is 20.0. The quantitative estimate of drug-likeness (QED) is 0.291. The Balaban J connectivity index is 1.72. The third kappa shape index (κ3) is 7.34. The molecule has 1 aliphatic carbocycles. The zero-order valence-corrected chi connectivity index (χ0v) is 26.3. The Hall–Kier alpha value is -3.36. The number of sulfonamides is 1. The van der Waals surface area contributed by atoms with E-state index in [4.69, 9.17) is 11.6 Å². The molecule has 7 nitrogen and oxygen atoms in total. The van der Waals surface area contributed by atoms with E-state index in [1.807, 2.05) is 38.1 Å². The molecule has 1 N–H and O–H groups in total. The van der Waals surface area contributed by atoms with Crippen molar-refractivity contribution in [3.63, 3.8) is 0 Å². The van der Waals surface area contributed by atoms with E-state index in [1.165, 1.54) is 17.0 Å². The number of rotatable bonds is 10. The fourth-order valence-corrected chi connectivity index (χ4v) is 6.98. The van der Waals surface area contributed by atoms with Crippen molar-refractivity contribution < 1.29 is 18.0 Å². The number of hydrogen-bond donors (Lipinski definition) is 1. The van der Waals surface area contributed by atoms with Crippen LogP contribution in [0.4, 0.5) is 5.69 Å². The smallest absolute Gasteiger partial charge is 0.264 e. The Bertz CT molecular complexity index is 1520. The fraction of sp³-hybridized carbons (Fsp3) is 0.394. The van der Waals surface area contributed by atoms with Gasteiger partial charge in [-0.2, -0.15) is 0 Å². The van der Waals surface area contributed by atoms with Crippen LogP contribution >= 0.6 is 11.6 Å². The van der Waals surface area contributed by atoms with Gasteiger partial charge in [0.1, 0.15) is 12.6 Å². The molecule has 1 fully saturated rings. The molecule has 0 bridgehead atoms. The molecule has 2 amide bonds. The topological polar surface area (TPSA) is 86.8 Å². The number of nitrogens with zero attached hydrogens (tertiary/aromatic N) is 2. The summed E-state index contributed by atoms with van der Waals surface area (Å²) >= 11 is 6.41. The standard InChI is InChI=1S/C33H40ClN3O4S/c1-23-17-19-29(20-18-23)42(40,41)37(31-16-10-15-30(34)25(31)3)22-32(38)36(21-27-12-9-8-11-24(27)2)26(4)33(39)35-28-13-6-5-7-14-28/h8-12,15-20,26,28H,5-7,13-14,21-22H2,1-4H3,(H,35,39)/t26-/m1/s1. The van der Waals surface area contributed by atoms with Crippen molar-refractivity contribution in [3.05, 3.63) is 94.0 Å². The Morgan fingerprint density at radius 2 is 1.60 bits per heavy atom. The number of hydrogen-bond acceptors (Lipinski definition) is 4. The van der Waals surface area contributed by atoms with Gasteiger partial charge in [0.15, 0.2) is 0 Å². The van der Waals surface area contributed by atoms with Crippen molar-refractivity contribution in [1.29, 1.82) is 0 Å². The summed E-state index contributed by atoms with van der Waals surface area (Å²) in [7, 11) is -4.16. The van der Waals surface area contributed by atoms with Crippen LogP contribution in [0.15, 0.2) is 71.6 Å². The van der Waals surface area contributed by atoms with Gasteiger partial charge in [0.05, 0.1) is 10.6 Å². The molecule has 224 valence electrons. The first-order valence-corrected chi connectivity index (χ1v) is 16.3. The molecule has 3 aromatic rings. The van der Waals surface area contributed by atoms with Crippen LogP contribution in [0, 0.1) is 20.8 Å². The number of benzene rings is 3. The van der Waals surface area contributed by atoms with Gasteiger partial charge >= 0.3 is 0 Å². The molecule has 0 radical (unpaired) electrons. The van der Waals surface area contributed by atoms with Crippen LogP contribution in [-0.2, 0) is 26.2 Å². The van der Waals surface area contributed by atoms with Crippen LogP contribution in [0.25, 0.3) is 0 Å². The Morgan fingerprint density at radius 1 is 0.929 bits per heavy atom. The van der Waals surface area contributed by atoms with E-state index in [0.29, 0.717) is 16.3 Å². The highest BCUT2D eigenvalue weighted by Crippen LogP contribution is 2.31. The first-order valence-electron chi connectivity index (χ1n) is 14.5. The van der Waals surface area contributed by atoms with E-state index in [1.54, 1.807) is 44.2 Å². The van der Waals surface area contributed by atoms with E-state index >= 15 is 0 Å². The minimum atomic E-state index is -4.16. The summed E-state index contributed by atoms with van der Waals surface area (Å²) in [6, 6.07) is 18.5. The van der Waals surface area contributed by atoms with Crippen molar-refractivity contribution in [1.82, 2.24) is 10.2 Å². The SMILES string of the molecule is Cc1ccc(S(=O)(=O)N(CC(=O)N(Cc2ccccc2C)[C@H](C)C(=O)NC2CCCCC2)c2cccc(Cl)c2C)cc1. The maximum absolute atomic E-state index is 14.2. The normalized spacial score (nSPS) is 14.7. The van der Waals surface area contributed by atoms with Gasteiger partial charge < -0.3 is 10.2 Å². The monoisotopic (exact) mass is 609 g/mol. The molecule has 42 heavy (non-hydrogen) atoms. The van der Waals surface area contributed by atoms with Gasteiger partial charge in [-0.3, -0.25) is 13.9 Å². The predicted molar refractivity (Wildman–Crippen MR) is 168 cm³/mol. The number of halogens is 1. The maximum atomic E-state index is 14.2. The molecule has 1 saturated carbocycles. The van der Waals surface area contributed by atoms with Gasteiger partial charge in [0.2, 0.25) is 11.8 Å². The summed E-state index contributed by atoms with van der Waals surface area (Å²) < 4.78 is 29.3. The highest BCUT2D eigenvalue weighted by atomic mass is 35.5. The Labute approximate surface area is 254 Å². The molecule has 9 heteroatoms. The molecule has 0 heterocycles. The lowest BCUT2D eigenvalue weighted by Gasteiger charge is -2.34. The largest absolute Gasteiger partial charge is 0.352 e. The molecule has 0 aromatic heterocycles. The molecular weight excluding hydrogens is 570 g/mol. The van der Waals surface area contributed by atoms with Gasteiger partial charge in [-0.1, -0.05) is 78.9 Å². The molecule has 0 spiro atoms. The van der Waals surface area contributed by atoms with Gasteiger partial charge in [-0.05, 0) is 81.5 Å². The lowest BCUT2D eigenvalue weighted by atomic mass is 9.95. The third-order valence-electron chi connectivity index (χ3n) is 8.12. The highest BCUT2D eigenvalue weighted by molar-refractivity contribution is 7.92. The van der Waals surface area contributed by atoms with Crippen LogP contribution in [0.2, 0.25) is 5.02 Å². The molecule has 0 saturated heterocycles. The number of nitrogens with one attached hydrogen (secondary N) is 1. The second kappa shape index (κ2) is 13.7. The van der Waals surface area contributed by atoms with Crippen molar-refractivity contribution in [2.45, 2.75) is 83.3 Å². The third-order valence-corrected chi connectivity index (χ3v) is 10.3. The van der Waals surface area contributed by atoms with Crippen LogP contribution in [0.3, 0.4) is 0 Å². The number of aryl methyl sites for hydroxylation is 2. The summed E-state index contributed by atoms with van der Waals surface area (Å²) in [5, 5.41) is 3.53. The number of carbonyl (C=O) groups excluding carboxylic acids is 2. The van der Waals surface area contributed by atoms with Crippen molar-refractivity contribution in [2.75, 3.05) is 10.8 Å². The maximum Gasteiger partial charge on any atom is 0.264 e. The summed E-state index contributed by atoms with van der Waals surface area (Å²) in [5.74, 6) is -0.727. The second-order valence-electron chi connectivity index (χ2n) is 11.2. The predicted octanol–water partition coefficient (Wildman–Crippen LogP) is 6.33. The van der Waals surface area contributed by atoms with Crippen LogP contribution in [0.1, 0.15) is 61.3 Å². The molecule has 0 aliphatic heterocycles. The lowest BCUT2D eigenvalue weighted by Crippen LogP contribution is -2.53. The number of anilines is 1. The van der Waals surface area contributed by atoms with E-state index < -0.39 is 28.5 Å². The van der Waals surface area contributed by atoms with Crippen molar-refractivity contribution in [2.24, 2.45) is 0 Å². The average molecular weight is 610 g/mol. The van der Waals surface area contributed by atoms with E-state index in [2.05, 4.69) is 5.32 Å². The van der Waals surface area contributed by atoms with Crippen molar-refractivity contribution in [3.8, 4) is 0 Å². The summed E-state index contributed by atoms with van der Waals surface area (Å²) in [5.41, 5.74) is 3.63. The minimum absolute atomic E-state index is 0.0637. The molecule has 3 aromatic carbocycles. The summed E-state index contributed by atoms with van der Waals surface area (Å²) in [4.78, 5) is 29.2. The van der Waals surface area contributed by atoms with Crippen LogP contribution in [0.5, 0.6) is 0 Å². The average Bonchev–Trinajstić information content (AvgIpc) is 2.97. The first kappa shape index (κ1) is 31.6. The van der Waals surface area contributed by atoms with Gasteiger partial charge in [0.25, 0.3) is 10.0 Å². The van der Waals surface area contributed by atoms with Gasteiger partial charge in [-0.25, -0.2) is 8.42 Å². The summed E-state index contributed by atoms with van der Waals surface area (Å²) in [6.07, 6.45) is 5.13. The van der Waals surface area contributed by atoms with Gasteiger partial charge in [0, 0.05) is 17.6 Å². The zero-order valence-electron chi connectivity index (χ0n) is 24.8. The lowest BCUT2D eigenvalue weighted by molar-refractivity contribution is -0.139. The molecular formula is C33H40ClN3O4S. The van der Waals surface area contributed by atoms with Crippen LogP contribution in [-0.4, -0.2) is 43.8 Å². The minimum Gasteiger partial charge on any atom is -0.352 e. The van der Waals surface area contributed by atoms with E-state index in [0.717, 1.165) is 53.1 Å². The number of amides is 2. The zero-order chi connectivity index (χ0) is 30.4. The van der Waals surface area contributed by atoms with Crippen molar-refractivity contribution >= 4 is 39.1 Å². The van der Waals surface area contributed by atoms with Gasteiger partial charge in [-0.15, -0.1) is 0 Å². The second-order valence-corrected chi connectivity index (χ2v) is 13.4. The molecule has 1 aliphatic rings. The highest BCUT2D eigenvalue weighted by Gasteiger charge is 2.34. The molecule has 4 rings (SSSR count). The van der Waals surface area contributed by atoms with Crippen LogP contribution < -0.4 is 9.62 Å². The Kier molecular flexibility index (Phi) is 10.3. The summed E-state index contributed by atoms with van der Waals surface area (Å²) in [6.45, 7) is 6.93. The fourth-order valence-electron chi connectivity index (χ4n) is 5.34. The Morgan fingerprint density at radius 3 is 2.26 bits per heavy atom. The molecule has 1 atom stereocenters.